The molecule has 0 atom stereocenters. The van der Waals surface area contributed by atoms with E-state index in [4.69, 9.17) is 0 Å². The van der Waals surface area contributed by atoms with Gasteiger partial charge in [-0.3, -0.25) is 4.79 Å². The second-order valence-corrected chi connectivity index (χ2v) is 13.5. The zero-order valence-electron chi connectivity index (χ0n) is 29.0. The van der Waals surface area contributed by atoms with Crippen LogP contribution in [-0.2, 0) is 24.9 Å². The quantitative estimate of drug-likeness (QED) is 0.112. The van der Waals surface area contributed by atoms with Gasteiger partial charge in [-0.1, -0.05) is 113 Å². The molecule has 0 aliphatic carbocycles. The number of pyridine rings is 2. The molecule has 5 aromatic rings. The van der Waals surface area contributed by atoms with E-state index in [1.54, 1.807) is 0 Å². The molecule has 5 rings (SSSR count). The molecule has 1 radical (unpaired) electrons. The Morgan fingerprint density at radius 2 is 1.15 bits per heavy atom. The van der Waals surface area contributed by atoms with Crippen LogP contribution in [0.1, 0.15) is 58.2 Å². The van der Waals surface area contributed by atoms with Crippen molar-refractivity contribution < 1.29 is 30.0 Å². The number of hydrogen-bond donors (Lipinski definition) is 1. The smallest absolute Gasteiger partial charge is 0.164 e. The molecule has 0 fully saturated rings. The predicted molar refractivity (Wildman–Crippen MR) is 191 cm³/mol. The Morgan fingerprint density at radius 3 is 1.55 bits per heavy atom. The summed E-state index contributed by atoms with van der Waals surface area (Å²) >= 11 is 0. The molecule has 0 spiro atoms. The molecule has 0 bridgehead atoms. The van der Waals surface area contributed by atoms with Gasteiger partial charge in [0.15, 0.2) is 5.78 Å². The maximum atomic E-state index is 11.5. The summed E-state index contributed by atoms with van der Waals surface area (Å²) in [6.07, 6.45) is 5.00. The maximum Gasteiger partial charge on any atom is 0.164 e. The first-order valence-electron chi connectivity index (χ1n) is 15.5. The Balaban J connectivity index is 0.000000249. The van der Waals surface area contributed by atoms with Gasteiger partial charge in [0.2, 0.25) is 0 Å². The van der Waals surface area contributed by atoms with Gasteiger partial charge in [0.25, 0.3) is 0 Å². The van der Waals surface area contributed by atoms with E-state index in [1.165, 1.54) is 33.9 Å². The Bertz CT molecular complexity index is 1730. The summed E-state index contributed by atoms with van der Waals surface area (Å²) in [6, 6.07) is 37.3. The first kappa shape index (κ1) is 39.0. The van der Waals surface area contributed by atoms with Crippen molar-refractivity contribution in [1.82, 2.24) is 9.97 Å². The summed E-state index contributed by atoms with van der Waals surface area (Å²) in [7, 11) is 0. The van der Waals surface area contributed by atoms with Crippen LogP contribution >= 0.6 is 0 Å². The van der Waals surface area contributed by atoms with E-state index in [0.29, 0.717) is 0 Å². The normalized spacial score (nSPS) is 11.2. The number of aryl methyl sites for hydroxylation is 3. The van der Waals surface area contributed by atoms with Crippen molar-refractivity contribution in [3.8, 4) is 33.6 Å². The number of rotatable bonds is 4. The number of ketones is 1. The fraction of sp³-hybridized carbons (Fsp3) is 0.262. The average Bonchev–Trinajstić information content (AvgIpc) is 3.02. The van der Waals surface area contributed by atoms with E-state index in [9.17, 15) is 9.90 Å². The summed E-state index contributed by atoms with van der Waals surface area (Å²) in [6.45, 7) is 17.3. The Morgan fingerprint density at radius 1 is 0.638 bits per heavy atom. The minimum absolute atomic E-state index is 0. The molecule has 5 heteroatoms. The van der Waals surface area contributed by atoms with Gasteiger partial charge >= 0.3 is 0 Å². The fourth-order valence-electron chi connectivity index (χ4n) is 3.98. The van der Waals surface area contributed by atoms with Gasteiger partial charge in [0.1, 0.15) is 5.76 Å². The van der Waals surface area contributed by atoms with Gasteiger partial charge in [-0.25, -0.2) is 0 Å². The van der Waals surface area contributed by atoms with Crippen molar-refractivity contribution in [1.29, 1.82) is 0 Å². The number of nitrogens with zero attached hydrogens (tertiary/aromatic N) is 2. The third-order valence-electron chi connectivity index (χ3n) is 7.05. The standard InChI is InChI=1S/C18H14N.C13H12N.C11H20O2.Ir/c1-14-11-12-19-18(13-14)17-9-7-16(8-10-17)15-5-3-2-4-6-15;1-10-3-5-12(6-4-10)13-9-11(2)7-8-14-13;1-10(2,3)8(12)7-9(13)11(4,5)6;/h2-9,11-13H,1H3;3-5,7-9H,1-2H3;7,12H,1-6H3;/q2*-1;;/b;;8-7-;. The maximum absolute atomic E-state index is 11.5. The van der Waals surface area contributed by atoms with Gasteiger partial charge in [-0.2, -0.15) is 0 Å². The molecule has 0 unspecified atom stereocenters. The van der Waals surface area contributed by atoms with Gasteiger partial charge in [0, 0.05) is 49.4 Å². The number of aliphatic hydroxyl groups is 1. The van der Waals surface area contributed by atoms with E-state index in [2.05, 4.69) is 91.4 Å². The molecule has 2 aromatic heterocycles. The Hall–Kier alpha value is -4.18. The number of aromatic nitrogens is 2. The van der Waals surface area contributed by atoms with Crippen molar-refractivity contribution >= 4 is 5.78 Å². The van der Waals surface area contributed by atoms with Crippen LogP contribution < -0.4 is 0 Å². The third kappa shape index (κ3) is 12.9. The van der Waals surface area contributed by atoms with Crippen LogP contribution in [0, 0.1) is 43.7 Å². The summed E-state index contributed by atoms with van der Waals surface area (Å²) in [5, 5.41) is 9.56. The van der Waals surface area contributed by atoms with Crippen LogP contribution in [0.25, 0.3) is 33.6 Å². The molecule has 47 heavy (non-hydrogen) atoms. The topological polar surface area (TPSA) is 63.1 Å². The number of carbonyl (C=O) groups excluding carboxylic acids is 1. The molecule has 0 saturated carbocycles. The molecular formula is C42H46IrN2O2-2. The van der Waals surface area contributed by atoms with E-state index >= 15 is 0 Å². The van der Waals surface area contributed by atoms with Crippen LogP contribution in [0.15, 0.2) is 115 Å². The third-order valence-corrected chi connectivity index (χ3v) is 7.05. The van der Waals surface area contributed by atoms with Crippen LogP contribution in [-0.4, -0.2) is 20.9 Å². The molecule has 2 heterocycles. The summed E-state index contributed by atoms with van der Waals surface area (Å²) in [5.74, 6) is 0.104. The number of hydrogen-bond acceptors (Lipinski definition) is 4. The van der Waals surface area contributed by atoms with E-state index < -0.39 is 5.41 Å². The first-order chi connectivity index (χ1) is 21.6. The second kappa shape index (κ2) is 17.7. The van der Waals surface area contributed by atoms with Crippen molar-refractivity contribution in [2.75, 3.05) is 0 Å². The molecule has 1 N–H and O–H groups in total. The summed E-state index contributed by atoms with van der Waals surface area (Å²) in [4.78, 5) is 20.2. The largest absolute Gasteiger partial charge is 0.512 e. The molecule has 0 amide bonds. The summed E-state index contributed by atoms with van der Waals surface area (Å²) in [5.41, 5.74) is 9.34. The van der Waals surface area contributed by atoms with Gasteiger partial charge in [-0.15, -0.1) is 65.2 Å². The minimum atomic E-state index is -0.417. The van der Waals surface area contributed by atoms with Crippen molar-refractivity contribution in [2.45, 2.75) is 62.3 Å². The Labute approximate surface area is 295 Å². The molecule has 4 nitrogen and oxygen atoms in total. The van der Waals surface area contributed by atoms with Crippen molar-refractivity contribution in [3.63, 3.8) is 0 Å². The van der Waals surface area contributed by atoms with Crippen molar-refractivity contribution in [2.24, 2.45) is 10.8 Å². The molecule has 247 valence electrons. The van der Waals surface area contributed by atoms with Crippen LogP contribution in [0.5, 0.6) is 0 Å². The Kier molecular flexibility index (Phi) is 14.7. The molecular weight excluding hydrogens is 757 g/mol. The SMILES string of the molecule is CC(C)(C)C(=O)/C=C(\O)C(C)(C)C.Cc1c[c-]c(-c2cc(C)ccn2)cc1.Cc1ccnc(-c2[c-]cc(-c3ccccc3)cc2)c1.[Ir]. The van der Waals surface area contributed by atoms with Gasteiger partial charge in [0.05, 0.1) is 0 Å². The zero-order valence-corrected chi connectivity index (χ0v) is 31.4. The van der Waals surface area contributed by atoms with Crippen molar-refractivity contribution in [3.05, 3.63) is 144 Å². The van der Waals surface area contributed by atoms with E-state index in [-0.39, 0.29) is 37.1 Å². The molecule has 0 aliphatic rings. The van der Waals surface area contributed by atoms with Crippen LogP contribution in [0.2, 0.25) is 0 Å². The zero-order chi connectivity index (χ0) is 33.9. The first-order valence-corrected chi connectivity index (χ1v) is 15.5. The fourth-order valence-corrected chi connectivity index (χ4v) is 3.98. The minimum Gasteiger partial charge on any atom is -0.512 e. The number of benzene rings is 3. The second-order valence-electron chi connectivity index (χ2n) is 13.5. The summed E-state index contributed by atoms with van der Waals surface area (Å²) < 4.78 is 0. The van der Waals surface area contributed by atoms with E-state index in [0.717, 1.165) is 22.5 Å². The predicted octanol–water partition coefficient (Wildman–Crippen LogP) is 10.8. The molecule has 0 aliphatic heterocycles. The average molecular weight is 803 g/mol. The van der Waals surface area contributed by atoms with Crippen LogP contribution in [0.4, 0.5) is 0 Å². The molecule has 3 aromatic carbocycles. The van der Waals surface area contributed by atoms with Gasteiger partial charge < -0.3 is 15.1 Å². The number of aliphatic hydroxyl groups excluding tert-OH is 1. The number of allylic oxidation sites excluding steroid dienone is 2. The number of carbonyl (C=O) groups is 1. The van der Waals surface area contributed by atoms with E-state index in [1.807, 2.05) is 96.4 Å². The van der Waals surface area contributed by atoms with Crippen LogP contribution in [0.3, 0.4) is 0 Å². The monoisotopic (exact) mass is 803 g/mol. The van der Waals surface area contributed by atoms with Gasteiger partial charge in [-0.05, 0) is 37.4 Å². The molecule has 0 saturated heterocycles.